The topological polar surface area (TPSA) is 42.0 Å². The smallest absolute Gasteiger partial charge is 0.260 e. The second-order valence-corrected chi connectivity index (χ2v) is 7.76. The first kappa shape index (κ1) is 18.2. The molecule has 1 atom stereocenters. The lowest BCUT2D eigenvalue weighted by atomic mass is 9.72. The minimum absolute atomic E-state index is 0.0929. The van der Waals surface area contributed by atoms with Crippen LogP contribution in [0.3, 0.4) is 0 Å². The molecule has 25 heavy (non-hydrogen) atoms. The van der Waals surface area contributed by atoms with E-state index in [1.165, 1.54) is 0 Å². The molecule has 1 aromatic rings. The zero-order valence-electron chi connectivity index (χ0n) is 15.7. The molecule has 0 bridgehead atoms. The first-order valence-electron chi connectivity index (χ1n) is 9.19. The second kappa shape index (κ2) is 7.75. The maximum Gasteiger partial charge on any atom is 0.260 e. The van der Waals surface area contributed by atoms with Gasteiger partial charge in [-0.1, -0.05) is 18.2 Å². The van der Waals surface area contributed by atoms with Crippen molar-refractivity contribution in [3.05, 3.63) is 29.8 Å². The van der Waals surface area contributed by atoms with Gasteiger partial charge >= 0.3 is 0 Å². The zero-order chi connectivity index (χ0) is 17.9. The first-order chi connectivity index (χ1) is 12.0. The molecular formula is C20H30N2O3. The number of carbonyl (C=O) groups excluding carboxylic acids is 1. The Morgan fingerprint density at radius 3 is 2.72 bits per heavy atom. The molecule has 2 saturated heterocycles. The van der Waals surface area contributed by atoms with Gasteiger partial charge in [0, 0.05) is 32.8 Å². The van der Waals surface area contributed by atoms with Crippen molar-refractivity contribution < 1.29 is 14.3 Å². The van der Waals surface area contributed by atoms with E-state index in [-0.39, 0.29) is 17.9 Å². The molecule has 3 rings (SSSR count). The van der Waals surface area contributed by atoms with Gasteiger partial charge < -0.3 is 19.3 Å². The van der Waals surface area contributed by atoms with Crippen molar-refractivity contribution >= 4 is 5.91 Å². The predicted octanol–water partition coefficient (Wildman–Crippen LogP) is 2.19. The standard InChI is InChI=1S/C20H30N2O3/c1-16-6-4-5-7-18(16)25-14-19(23)22-13-17(12-21(2)3)20(15-22)8-10-24-11-9-20/h4-7,17H,8-15H2,1-3H3/t17-/m0/s1. The van der Waals surface area contributed by atoms with Crippen LogP contribution in [0.4, 0.5) is 0 Å². The van der Waals surface area contributed by atoms with Crippen LogP contribution in [0.25, 0.3) is 0 Å². The lowest BCUT2D eigenvalue weighted by molar-refractivity contribution is -0.133. The molecule has 0 N–H and O–H groups in total. The molecule has 0 radical (unpaired) electrons. The molecule has 1 spiro atoms. The normalized spacial score (nSPS) is 22.6. The fraction of sp³-hybridized carbons (Fsp3) is 0.650. The Hall–Kier alpha value is -1.59. The summed E-state index contributed by atoms with van der Waals surface area (Å²) in [6, 6.07) is 7.83. The van der Waals surface area contributed by atoms with Gasteiger partial charge in [-0.05, 0) is 56.8 Å². The quantitative estimate of drug-likeness (QED) is 0.820. The summed E-state index contributed by atoms with van der Waals surface area (Å²) in [7, 11) is 4.22. The Morgan fingerprint density at radius 1 is 1.32 bits per heavy atom. The van der Waals surface area contributed by atoms with E-state index in [2.05, 4.69) is 19.0 Å². The van der Waals surface area contributed by atoms with Crippen LogP contribution in [0.2, 0.25) is 0 Å². The lowest BCUT2D eigenvalue weighted by Crippen LogP contribution is -2.41. The average molecular weight is 346 g/mol. The van der Waals surface area contributed by atoms with E-state index in [0.717, 1.165) is 57.0 Å². The Bertz CT molecular complexity index is 596. The highest BCUT2D eigenvalue weighted by Crippen LogP contribution is 2.44. The van der Waals surface area contributed by atoms with Gasteiger partial charge in [-0.25, -0.2) is 0 Å². The minimum Gasteiger partial charge on any atom is -0.484 e. The molecule has 1 aromatic carbocycles. The maximum absolute atomic E-state index is 12.7. The highest BCUT2D eigenvalue weighted by atomic mass is 16.5. The van der Waals surface area contributed by atoms with Crippen LogP contribution in [0.15, 0.2) is 24.3 Å². The first-order valence-corrected chi connectivity index (χ1v) is 9.19. The Morgan fingerprint density at radius 2 is 2.04 bits per heavy atom. The van der Waals surface area contributed by atoms with Crippen LogP contribution in [0, 0.1) is 18.3 Å². The molecule has 0 saturated carbocycles. The van der Waals surface area contributed by atoms with Crippen LogP contribution in [-0.4, -0.2) is 69.3 Å². The number of amides is 1. The summed E-state index contributed by atoms with van der Waals surface area (Å²) in [5.41, 5.74) is 1.27. The predicted molar refractivity (Wildman–Crippen MR) is 97.8 cm³/mol. The largest absolute Gasteiger partial charge is 0.484 e. The van der Waals surface area contributed by atoms with Crippen molar-refractivity contribution in [3.8, 4) is 5.75 Å². The number of nitrogens with zero attached hydrogens (tertiary/aromatic N) is 2. The van der Waals surface area contributed by atoms with Crippen molar-refractivity contribution in [1.82, 2.24) is 9.80 Å². The molecule has 0 unspecified atom stereocenters. The molecule has 138 valence electrons. The van der Waals surface area contributed by atoms with Gasteiger partial charge in [-0.2, -0.15) is 0 Å². The third-order valence-corrected chi connectivity index (χ3v) is 5.68. The van der Waals surface area contributed by atoms with Gasteiger partial charge in [0.1, 0.15) is 5.75 Å². The van der Waals surface area contributed by atoms with Crippen molar-refractivity contribution in [2.75, 3.05) is 53.6 Å². The molecule has 2 aliphatic rings. The highest BCUT2D eigenvalue weighted by Gasteiger charge is 2.48. The van der Waals surface area contributed by atoms with Crippen LogP contribution in [0.1, 0.15) is 18.4 Å². The summed E-state index contributed by atoms with van der Waals surface area (Å²) in [4.78, 5) is 17.0. The maximum atomic E-state index is 12.7. The minimum atomic E-state index is 0.0929. The summed E-state index contributed by atoms with van der Waals surface area (Å²) in [5, 5.41) is 0. The van der Waals surface area contributed by atoms with E-state index in [1.54, 1.807) is 0 Å². The van der Waals surface area contributed by atoms with Crippen LogP contribution in [0.5, 0.6) is 5.75 Å². The molecule has 2 aliphatic heterocycles. The van der Waals surface area contributed by atoms with Crippen molar-refractivity contribution in [2.45, 2.75) is 19.8 Å². The number of aryl methyl sites for hydroxylation is 1. The monoisotopic (exact) mass is 346 g/mol. The third-order valence-electron chi connectivity index (χ3n) is 5.68. The summed E-state index contributed by atoms with van der Waals surface area (Å²) in [6.07, 6.45) is 2.10. The molecule has 0 aliphatic carbocycles. The van der Waals surface area contributed by atoms with Crippen LogP contribution < -0.4 is 4.74 Å². The summed E-state index contributed by atoms with van der Waals surface area (Å²) in [5.74, 6) is 1.39. The van der Waals surface area contributed by atoms with Crippen LogP contribution >= 0.6 is 0 Å². The van der Waals surface area contributed by atoms with Gasteiger partial charge in [0.15, 0.2) is 6.61 Å². The van der Waals surface area contributed by atoms with E-state index in [4.69, 9.17) is 9.47 Å². The van der Waals surface area contributed by atoms with Crippen LogP contribution in [-0.2, 0) is 9.53 Å². The Kier molecular flexibility index (Phi) is 5.64. The summed E-state index contributed by atoms with van der Waals surface area (Å²) in [6.45, 7) is 6.42. The van der Waals surface area contributed by atoms with E-state index >= 15 is 0 Å². The number of para-hydroxylation sites is 1. The SMILES string of the molecule is Cc1ccccc1OCC(=O)N1C[C@H](CN(C)C)C2(CCOCC2)C1. The van der Waals surface area contributed by atoms with Crippen molar-refractivity contribution in [3.63, 3.8) is 0 Å². The number of hydrogen-bond acceptors (Lipinski definition) is 4. The van der Waals surface area contributed by atoms with Crippen molar-refractivity contribution in [1.29, 1.82) is 0 Å². The molecule has 2 fully saturated rings. The molecule has 1 amide bonds. The van der Waals surface area contributed by atoms with Gasteiger partial charge in [0.2, 0.25) is 0 Å². The number of hydrogen-bond donors (Lipinski definition) is 0. The van der Waals surface area contributed by atoms with E-state index < -0.39 is 0 Å². The number of likely N-dealkylation sites (tertiary alicyclic amines) is 1. The fourth-order valence-electron chi connectivity index (χ4n) is 4.21. The van der Waals surface area contributed by atoms with Gasteiger partial charge in [0.05, 0.1) is 0 Å². The third kappa shape index (κ3) is 4.15. The molecule has 0 aromatic heterocycles. The molecule has 5 heteroatoms. The van der Waals surface area contributed by atoms with Gasteiger partial charge in [-0.15, -0.1) is 0 Å². The molecule has 5 nitrogen and oxygen atoms in total. The number of benzene rings is 1. The molecular weight excluding hydrogens is 316 g/mol. The number of ether oxygens (including phenoxy) is 2. The van der Waals surface area contributed by atoms with Gasteiger partial charge in [0.25, 0.3) is 5.91 Å². The summed E-state index contributed by atoms with van der Waals surface area (Å²) < 4.78 is 11.4. The van der Waals surface area contributed by atoms with E-state index in [9.17, 15) is 4.79 Å². The zero-order valence-corrected chi connectivity index (χ0v) is 15.7. The highest BCUT2D eigenvalue weighted by molar-refractivity contribution is 5.78. The number of rotatable bonds is 5. The lowest BCUT2D eigenvalue weighted by Gasteiger charge is -2.38. The van der Waals surface area contributed by atoms with E-state index in [1.807, 2.05) is 36.1 Å². The Labute approximate surface area is 150 Å². The van der Waals surface area contributed by atoms with Crippen molar-refractivity contribution in [2.24, 2.45) is 11.3 Å². The second-order valence-electron chi connectivity index (χ2n) is 7.76. The fourth-order valence-corrected chi connectivity index (χ4v) is 4.21. The van der Waals surface area contributed by atoms with Gasteiger partial charge in [-0.3, -0.25) is 4.79 Å². The van der Waals surface area contributed by atoms with E-state index in [0.29, 0.717) is 5.92 Å². The Balaban J connectivity index is 1.64. The number of carbonyl (C=O) groups is 1. The summed E-state index contributed by atoms with van der Waals surface area (Å²) >= 11 is 0. The average Bonchev–Trinajstić information content (AvgIpc) is 2.92. The molecule has 2 heterocycles.